The van der Waals surface area contributed by atoms with Crippen molar-refractivity contribution >= 4 is 34.1 Å². The summed E-state index contributed by atoms with van der Waals surface area (Å²) in [6.07, 6.45) is 5.06. The minimum Gasteiger partial charge on any atom is -0.492 e. The monoisotopic (exact) mass is 567 g/mol. The third-order valence-corrected chi connectivity index (χ3v) is 7.77. The van der Waals surface area contributed by atoms with Crippen LogP contribution in [0.15, 0.2) is 73.2 Å². The molecule has 0 spiro atoms. The molecule has 11 nitrogen and oxygen atoms in total. The first-order chi connectivity index (χ1) is 20.4. The minimum atomic E-state index is -0.973. The molecule has 2 aromatic carbocycles. The molecule has 1 aliphatic heterocycles. The van der Waals surface area contributed by atoms with Gasteiger partial charge >= 0.3 is 5.97 Å². The molecule has 4 heterocycles. The van der Waals surface area contributed by atoms with Crippen LogP contribution in [0.4, 0.5) is 5.69 Å². The molecule has 216 valence electrons. The fourth-order valence-electron chi connectivity index (χ4n) is 5.51. The van der Waals surface area contributed by atoms with Crippen molar-refractivity contribution in [3.05, 3.63) is 90.0 Å². The van der Waals surface area contributed by atoms with Crippen LogP contribution in [0.2, 0.25) is 0 Å². The minimum absolute atomic E-state index is 0.226. The number of pyridine rings is 1. The fraction of sp³-hybridized carbons (Fsp3) is 0.290. The number of aromatic nitrogens is 4. The van der Waals surface area contributed by atoms with Crippen molar-refractivity contribution < 1.29 is 19.4 Å². The van der Waals surface area contributed by atoms with Gasteiger partial charge in [0.15, 0.2) is 0 Å². The number of piperazine rings is 1. The molecule has 5 aromatic rings. The maximum Gasteiger partial charge on any atom is 0.335 e. The Bertz CT molecular complexity index is 1760. The molecule has 1 unspecified atom stereocenters. The van der Waals surface area contributed by atoms with Crippen molar-refractivity contribution in [3.8, 4) is 5.75 Å². The van der Waals surface area contributed by atoms with Gasteiger partial charge in [-0.05, 0) is 49.9 Å². The van der Waals surface area contributed by atoms with Gasteiger partial charge in [0, 0.05) is 49.9 Å². The Morgan fingerprint density at radius 2 is 1.95 bits per heavy atom. The number of likely N-dealkylation sites (N-methyl/N-ethyl adjacent to an activating group) is 1. The number of ether oxygens (including phenoxy) is 1. The number of nitrogens with zero attached hydrogens (tertiary/aromatic N) is 6. The molecular weight excluding hydrogens is 534 g/mol. The summed E-state index contributed by atoms with van der Waals surface area (Å²) in [5, 5.41) is 17.6. The molecule has 0 bridgehead atoms. The lowest BCUT2D eigenvalue weighted by molar-refractivity contribution is 0.0696. The van der Waals surface area contributed by atoms with Crippen LogP contribution in [0.3, 0.4) is 0 Å². The van der Waals surface area contributed by atoms with Gasteiger partial charge in [-0.3, -0.25) is 18.8 Å². The van der Waals surface area contributed by atoms with Gasteiger partial charge in [0.05, 0.1) is 35.7 Å². The van der Waals surface area contributed by atoms with Gasteiger partial charge in [-0.2, -0.15) is 5.10 Å². The van der Waals surface area contributed by atoms with Gasteiger partial charge in [-0.1, -0.05) is 18.2 Å². The van der Waals surface area contributed by atoms with E-state index in [1.54, 1.807) is 45.9 Å². The molecule has 1 amide bonds. The Morgan fingerprint density at radius 1 is 1.10 bits per heavy atom. The van der Waals surface area contributed by atoms with E-state index in [-0.39, 0.29) is 11.5 Å². The molecule has 1 atom stereocenters. The maximum absolute atomic E-state index is 13.3. The first-order valence-electron chi connectivity index (χ1n) is 14.0. The lowest BCUT2D eigenvalue weighted by Gasteiger charge is -2.38. The predicted octanol–water partition coefficient (Wildman–Crippen LogP) is 3.70. The Kier molecular flexibility index (Phi) is 7.60. The lowest BCUT2D eigenvalue weighted by atomic mass is 10.1. The Labute approximate surface area is 242 Å². The molecule has 0 saturated carbocycles. The van der Waals surface area contributed by atoms with E-state index in [1.807, 2.05) is 36.4 Å². The van der Waals surface area contributed by atoms with E-state index in [0.29, 0.717) is 42.0 Å². The first-order valence-corrected chi connectivity index (χ1v) is 14.0. The van der Waals surface area contributed by atoms with E-state index < -0.39 is 5.97 Å². The number of anilines is 1. The zero-order valence-corrected chi connectivity index (χ0v) is 23.6. The Balaban J connectivity index is 1.13. The Morgan fingerprint density at radius 3 is 2.79 bits per heavy atom. The largest absolute Gasteiger partial charge is 0.492 e. The molecule has 1 fully saturated rings. The number of rotatable bonds is 9. The number of carboxylic acid groups (broad SMARTS) is 1. The summed E-state index contributed by atoms with van der Waals surface area (Å²) in [6.45, 7) is 7.25. The van der Waals surface area contributed by atoms with Gasteiger partial charge in [0.25, 0.3) is 5.91 Å². The summed E-state index contributed by atoms with van der Waals surface area (Å²) >= 11 is 0. The highest BCUT2D eigenvalue weighted by Gasteiger charge is 2.21. The van der Waals surface area contributed by atoms with Crippen LogP contribution in [0, 0.1) is 0 Å². The number of carboxylic acids is 1. The smallest absolute Gasteiger partial charge is 0.335 e. The molecule has 6 rings (SSSR count). The standard InChI is InChI=1S/C31H33N7O4/c1-21-19-35(2)11-12-36(21)13-14-42-24-9-10-37-28(18-32-29(37)16-24)30(39)34-26-7-4-8-27-25(26)17-33-38(27)20-22-5-3-6-23(15-22)31(40)41/h3-10,15-18,21H,11-14,19-20H2,1-2H3,(H,34,39)(H,40,41). The summed E-state index contributed by atoms with van der Waals surface area (Å²) in [7, 11) is 2.15. The van der Waals surface area contributed by atoms with E-state index in [2.05, 4.69) is 39.2 Å². The molecule has 42 heavy (non-hydrogen) atoms. The summed E-state index contributed by atoms with van der Waals surface area (Å²) in [5.41, 5.74) is 3.51. The average molecular weight is 568 g/mol. The van der Waals surface area contributed by atoms with E-state index in [1.165, 1.54) is 0 Å². The topological polar surface area (TPSA) is 117 Å². The fourth-order valence-corrected chi connectivity index (χ4v) is 5.51. The van der Waals surface area contributed by atoms with Crippen molar-refractivity contribution in [2.45, 2.75) is 19.5 Å². The lowest BCUT2D eigenvalue weighted by Crippen LogP contribution is -2.51. The molecule has 1 aliphatic rings. The second-order valence-corrected chi connectivity index (χ2v) is 10.7. The second kappa shape index (κ2) is 11.6. The average Bonchev–Trinajstić information content (AvgIpc) is 3.59. The number of carbonyl (C=O) groups is 2. The van der Waals surface area contributed by atoms with Crippen LogP contribution < -0.4 is 10.1 Å². The third-order valence-electron chi connectivity index (χ3n) is 7.77. The van der Waals surface area contributed by atoms with Crippen LogP contribution >= 0.6 is 0 Å². The van der Waals surface area contributed by atoms with Gasteiger partial charge < -0.3 is 20.1 Å². The van der Waals surface area contributed by atoms with Crippen molar-refractivity contribution in [2.24, 2.45) is 0 Å². The molecule has 0 aliphatic carbocycles. The van der Waals surface area contributed by atoms with Crippen molar-refractivity contribution in [1.82, 2.24) is 29.0 Å². The molecule has 0 radical (unpaired) electrons. The molecule has 2 N–H and O–H groups in total. The van der Waals surface area contributed by atoms with Crippen LogP contribution in [0.5, 0.6) is 5.75 Å². The third kappa shape index (κ3) is 5.69. The summed E-state index contributed by atoms with van der Waals surface area (Å²) in [5.74, 6) is -0.554. The summed E-state index contributed by atoms with van der Waals surface area (Å²) in [4.78, 5) is 33.9. The van der Waals surface area contributed by atoms with Crippen LogP contribution in [0.25, 0.3) is 16.6 Å². The number of fused-ring (bicyclic) bond motifs is 2. The number of benzene rings is 2. The number of amides is 1. The van der Waals surface area contributed by atoms with Gasteiger partial charge in [-0.15, -0.1) is 0 Å². The van der Waals surface area contributed by atoms with Crippen molar-refractivity contribution in [3.63, 3.8) is 0 Å². The number of carbonyl (C=O) groups excluding carboxylic acids is 1. The summed E-state index contributed by atoms with van der Waals surface area (Å²) < 4.78 is 9.54. The number of aromatic carboxylic acids is 1. The first kappa shape index (κ1) is 27.4. The highest BCUT2D eigenvalue weighted by molar-refractivity contribution is 6.08. The number of imidazole rings is 1. The van der Waals surface area contributed by atoms with E-state index in [9.17, 15) is 14.7 Å². The molecule has 3 aromatic heterocycles. The van der Waals surface area contributed by atoms with Crippen LogP contribution in [0.1, 0.15) is 33.3 Å². The number of hydrogen-bond acceptors (Lipinski definition) is 7. The Hall–Kier alpha value is -4.74. The van der Waals surface area contributed by atoms with Crippen molar-refractivity contribution in [1.29, 1.82) is 0 Å². The zero-order valence-electron chi connectivity index (χ0n) is 23.6. The quantitative estimate of drug-likeness (QED) is 0.277. The van der Waals surface area contributed by atoms with Crippen molar-refractivity contribution in [2.75, 3.05) is 45.2 Å². The predicted molar refractivity (Wildman–Crippen MR) is 159 cm³/mol. The molecule has 1 saturated heterocycles. The highest BCUT2D eigenvalue weighted by atomic mass is 16.5. The summed E-state index contributed by atoms with van der Waals surface area (Å²) in [6, 6.07) is 16.6. The van der Waals surface area contributed by atoms with Gasteiger partial charge in [-0.25, -0.2) is 9.78 Å². The van der Waals surface area contributed by atoms with E-state index in [0.717, 1.165) is 42.6 Å². The molecular formula is C31H33N7O4. The number of nitrogens with one attached hydrogen (secondary N) is 1. The molecule has 11 heteroatoms. The van der Waals surface area contributed by atoms with E-state index in [4.69, 9.17) is 4.74 Å². The highest BCUT2D eigenvalue weighted by Crippen LogP contribution is 2.25. The number of hydrogen-bond donors (Lipinski definition) is 2. The van der Waals surface area contributed by atoms with Gasteiger partial charge in [0.2, 0.25) is 0 Å². The second-order valence-electron chi connectivity index (χ2n) is 10.7. The SMILES string of the molecule is CC1CN(C)CCN1CCOc1ccn2c(C(=O)Nc3cccc4c3cnn4Cc3cccc(C(=O)O)c3)cnc2c1. The maximum atomic E-state index is 13.3. The van der Waals surface area contributed by atoms with Crippen LogP contribution in [-0.4, -0.2) is 91.8 Å². The van der Waals surface area contributed by atoms with Gasteiger partial charge in [0.1, 0.15) is 23.7 Å². The van der Waals surface area contributed by atoms with E-state index >= 15 is 0 Å². The zero-order chi connectivity index (χ0) is 29.2. The van der Waals surface area contributed by atoms with Crippen LogP contribution in [-0.2, 0) is 6.54 Å². The normalized spacial score (nSPS) is 16.2.